The second kappa shape index (κ2) is 5.77. The minimum absolute atomic E-state index is 0.262. The fourth-order valence-corrected chi connectivity index (χ4v) is 2.53. The second-order valence-corrected chi connectivity index (χ2v) is 6.10. The Labute approximate surface area is 124 Å². The first kappa shape index (κ1) is 15.4. The lowest BCUT2D eigenvalue weighted by Crippen LogP contribution is -2.50. The highest BCUT2D eigenvalue weighted by atomic mass is 19.1. The van der Waals surface area contributed by atoms with Crippen LogP contribution in [0.3, 0.4) is 0 Å². The van der Waals surface area contributed by atoms with E-state index in [4.69, 9.17) is 0 Å². The minimum atomic E-state index is -0.439. The lowest BCUT2D eigenvalue weighted by molar-refractivity contribution is 0.0900. The van der Waals surface area contributed by atoms with E-state index in [0.717, 1.165) is 0 Å². The molecule has 0 aliphatic heterocycles. The number of nitrogens with one attached hydrogen (secondary N) is 1. The summed E-state index contributed by atoms with van der Waals surface area (Å²) in [5.41, 5.74) is 0.350. The van der Waals surface area contributed by atoms with Crippen LogP contribution in [0.1, 0.15) is 24.2 Å². The SMILES string of the molecule is CN(C)CC(C)(C)NC(=O)c1cc(F)cc2cccnc12. The van der Waals surface area contributed by atoms with E-state index in [0.29, 0.717) is 17.4 Å². The number of rotatable bonds is 4. The maximum absolute atomic E-state index is 13.7. The Morgan fingerprint density at radius 2 is 2.10 bits per heavy atom. The van der Waals surface area contributed by atoms with E-state index >= 15 is 0 Å². The van der Waals surface area contributed by atoms with Crippen molar-refractivity contribution in [1.82, 2.24) is 15.2 Å². The molecular weight excluding hydrogens is 269 g/mol. The van der Waals surface area contributed by atoms with Crippen molar-refractivity contribution in [2.45, 2.75) is 19.4 Å². The lowest BCUT2D eigenvalue weighted by Gasteiger charge is -2.29. The molecule has 0 bridgehead atoms. The molecule has 21 heavy (non-hydrogen) atoms. The number of hydrogen-bond acceptors (Lipinski definition) is 3. The highest BCUT2D eigenvalue weighted by Crippen LogP contribution is 2.19. The number of halogens is 1. The summed E-state index contributed by atoms with van der Waals surface area (Å²) >= 11 is 0. The Hall–Kier alpha value is -2.01. The van der Waals surface area contributed by atoms with E-state index in [1.165, 1.54) is 12.1 Å². The van der Waals surface area contributed by atoms with Gasteiger partial charge in [0.2, 0.25) is 0 Å². The average molecular weight is 289 g/mol. The molecule has 2 rings (SSSR count). The predicted molar refractivity (Wildman–Crippen MR) is 81.8 cm³/mol. The van der Waals surface area contributed by atoms with Crippen molar-refractivity contribution in [2.24, 2.45) is 0 Å². The first-order valence-corrected chi connectivity index (χ1v) is 6.80. The van der Waals surface area contributed by atoms with E-state index in [1.807, 2.05) is 32.8 Å². The number of nitrogens with zero attached hydrogens (tertiary/aromatic N) is 2. The van der Waals surface area contributed by atoms with Gasteiger partial charge in [0.25, 0.3) is 5.91 Å². The fraction of sp³-hybridized carbons (Fsp3) is 0.375. The van der Waals surface area contributed by atoms with E-state index < -0.39 is 11.4 Å². The van der Waals surface area contributed by atoms with Crippen LogP contribution in [0, 0.1) is 5.82 Å². The van der Waals surface area contributed by atoms with Crippen molar-refractivity contribution >= 4 is 16.8 Å². The molecule has 0 atom stereocenters. The fourth-order valence-electron chi connectivity index (χ4n) is 2.53. The van der Waals surface area contributed by atoms with Crippen LogP contribution >= 0.6 is 0 Å². The molecule has 5 heteroatoms. The highest BCUT2D eigenvalue weighted by molar-refractivity contribution is 6.05. The molecule has 4 nitrogen and oxygen atoms in total. The van der Waals surface area contributed by atoms with Crippen LogP contribution in [0.2, 0.25) is 0 Å². The molecule has 1 heterocycles. The summed E-state index contributed by atoms with van der Waals surface area (Å²) in [6.07, 6.45) is 1.60. The van der Waals surface area contributed by atoms with Gasteiger partial charge >= 0.3 is 0 Å². The van der Waals surface area contributed by atoms with Gasteiger partial charge in [-0.15, -0.1) is 0 Å². The highest BCUT2D eigenvalue weighted by Gasteiger charge is 2.23. The van der Waals surface area contributed by atoms with Crippen LogP contribution < -0.4 is 5.32 Å². The quantitative estimate of drug-likeness (QED) is 0.940. The molecule has 112 valence electrons. The number of amides is 1. The number of aromatic nitrogens is 1. The van der Waals surface area contributed by atoms with Gasteiger partial charge in [-0.25, -0.2) is 4.39 Å². The number of fused-ring (bicyclic) bond motifs is 1. The Bertz CT molecular complexity index is 668. The summed E-state index contributed by atoms with van der Waals surface area (Å²) in [4.78, 5) is 18.7. The maximum atomic E-state index is 13.7. The second-order valence-electron chi connectivity index (χ2n) is 6.10. The third kappa shape index (κ3) is 3.76. The van der Waals surface area contributed by atoms with Gasteiger partial charge in [-0.2, -0.15) is 0 Å². The Morgan fingerprint density at radius 3 is 2.76 bits per heavy atom. The molecule has 0 saturated heterocycles. The van der Waals surface area contributed by atoms with Crippen molar-refractivity contribution in [3.05, 3.63) is 41.8 Å². The number of hydrogen-bond donors (Lipinski definition) is 1. The minimum Gasteiger partial charge on any atom is -0.346 e. The zero-order valence-electron chi connectivity index (χ0n) is 12.8. The summed E-state index contributed by atoms with van der Waals surface area (Å²) < 4.78 is 13.7. The zero-order chi connectivity index (χ0) is 15.6. The normalized spacial score (nSPS) is 11.9. The summed E-state index contributed by atoms with van der Waals surface area (Å²) in [6.45, 7) is 4.54. The van der Waals surface area contributed by atoms with E-state index in [9.17, 15) is 9.18 Å². The Balaban J connectivity index is 2.35. The van der Waals surface area contributed by atoms with E-state index in [2.05, 4.69) is 10.3 Å². The number of benzene rings is 1. The smallest absolute Gasteiger partial charge is 0.254 e. The summed E-state index contributed by atoms with van der Waals surface area (Å²) in [7, 11) is 3.88. The molecular formula is C16H20FN3O. The molecule has 0 saturated carbocycles. The van der Waals surface area contributed by atoms with Crippen LogP contribution in [0.4, 0.5) is 4.39 Å². The molecule has 1 aromatic heterocycles. The van der Waals surface area contributed by atoms with Crippen LogP contribution in [0.25, 0.3) is 10.9 Å². The predicted octanol–water partition coefficient (Wildman–Crippen LogP) is 2.44. The summed E-state index contributed by atoms with van der Waals surface area (Å²) in [5, 5.41) is 3.55. The van der Waals surface area contributed by atoms with Gasteiger partial charge in [-0.3, -0.25) is 9.78 Å². The molecule has 0 radical (unpaired) electrons. The third-order valence-corrected chi connectivity index (χ3v) is 3.08. The molecule has 0 aliphatic rings. The molecule has 1 N–H and O–H groups in total. The van der Waals surface area contributed by atoms with Crippen molar-refractivity contribution < 1.29 is 9.18 Å². The van der Waals surface area contributed by atoms with Crippen molar-refractivity contribution in [1.29, 1.82) is 0 Å². The van der Waals surface area contributed by atoms with Gasteiger partial charge in [0, 0.05) is 23.7 Å². The van der Waals surface area contributed by atoms with Crippen LogP contribution in [0.15, 0.2) is 30.5 Å². The van der Waals surface area contributed by atoms with Crippen LogP contribution in [0.5, 0.6) is 0 Å². The van der Waals surface area contributed by atoms with Crippen molar-refractivity contribution in [3.8, 4) is 0 Å². The number of carbonyl (C=O) groups is 1. The van der Waals surface area contributed by atoms with Gasteiger partial charge in [0.1, 0.15) is 5.82 Å². The standard InChI is InChI=1S/C16H20FN3O/c1-16(2,10-20(3)4)19-15(21)13-9-12(17)8-11-6-5-7-18-14(11)13/h5-9H,10H2,1-4H3,(H,19,21). The summed E-state index contributed by atoms with van der Waals surface area (Å²) in [5.74, 6) is -0.754. The third-order valence-electron chi connectivity index (χ3n) is 3.08. The monoisotopic (exact) mass is 289 g/mol. The van der Waals surface area contributed by atoms with Crippen LogP contribution in [-0.4, -0.2) is 42.0 Å². The Kier molecular flexibility index (Phi) is 4.23. The van der Waals surface area contributed by atoms with Gasteiger partial charge < -0.3 is 10.2 Å². The molecule has 0 fully saturated rings. The lowest BCUT2D eigenvalue weighted by atomic mass is 10.0. The molecule has 1 amide bonds. The number of likely N-dealkylation sites (N-methyl/N-ethyl adjacent to an activating group) is 1. The number of carbonyl (C=O) groups excluding carboxylic acids is 1. The van der Waals surface area contributed by atoms with E-state index in [1.54, 1.807) is 18.3 Å². The molecule has 2 aromatic rings. The maximum Gasteiger partial charge on any atom is 0.254 e. The largest absolute Gasteiger partial charge is 0.346 e. The van der Waals surface area contributed by atoms with Crippen molar-refractivity contribution in [3.63, 3.8) is 0 Å². The van der Waals surface area contributed by atoms with Gasteiger partial charge in [0.05, 0.1) is 11.1 Å². The summed E-state index contributed by atoms with van der Waals surface area (Å²) in [6, 6.07) is 6.08. The zero-order valence-corrected chi connectivity index (χ0v) is 12.8. The molecule has 0 spiro atoms. The molecule has 0 unspecified atom stereocenters. The van der Waals surface area contributed by atoms with Gasteiger partial charge in [-0.1, -0.05) is 6.07 Å². The first-order chi connectivity index (χ1) is 9.78. The van der Waals surface area contributed by atoms with Gasteiger partial charge in [0.15, 0.2) is 0 Å². The Morgan fingerprint density at radius 1 is 1.38 bits per heavy atom. The molecule has 0 aliphatic carbocycles. The van der Waals surface area contributed by atoms with Crippen LogP contribution in [-0.2, 0) is 0 Å². The number of pyridine rings is 1. The molecule has 1 aromatic carbocycles. The first-order valence-electron chi connectivity index (χ1n) is 6.80. The average Bonchev–Trinajstić information content (AvgIpc) is 2.35. The topological polar surface area (TPSA) is 45.2 Å². The van der Waals surface area contributed by atoms with Gasteiger partial charge in [-0.05, 0) is 46.1 Å². The van der Waals surface area contributed by atoms with E-state index in [-0.39, 0.29) is 11.5 Å². The van der Waals surface area contributed by atoms with Crippen molar-refractivity contribution in [2.75, 3.05) is 20.6 Å².